The summed E-state index contributed by atoms with van der Waals surface area (Å²) in [6.45, 7) is 9.91. The Kier molecular flexibility index (Phi) is 5.34. The van der Waals surface area contributed by atoms with E-state index in [-0.39, 0.29) is 12.6 Å². The molecule has 0 aliphatic heterocycles. The zero-order valence-electron chi connectivity index (χ0n) is 11.6. The van der Waals surface area contributed by atoms with Crippen LogP contribution in [0.3, 0.4) is 0 Å². The first kappa shape index (κ1) is 14.7. The van der Waals surface area contributed by atoms with Crippen molar-refractivity contribution in [3.8, 4) is 0 Å². The Hall–Kier alpha value is -1.36. The monoisotopic (exact) mass is 253 g/mol. The van der Waals surface area contributed by atoms with Crippen molar-refractivity contribution in [2.75, 3.05) is 13.1 Å². The van der Waals surface area contributed by atoms with Crippen LogP contribution in [-0.2, 0) is 11.3 Å². The summed E-state index contributed by atoms with van der Waals surface area (Å²) in [7, 11) is 0. The van der Waals surface area contributed by atoms with Crippen LogP contribution in [0.15, 0.2) is 12.4 Å². The highest BCUT2D eigenvalue weighted by Crippen LogP contribution is 2.20. The van der Waals surface area contributed by atoms with Crippen LogP contribution in [0.1, 0.15) is 39.3 Å². The first-order chi connectivity index (χ1) is 8.43. The van der Waals surface area contributed by atoms with Gasteiger partial charge in [-0.3, -0.25) is 14.4 Å². The molecule has 1 heterocycles. The number of carbonyl (C=O) groups is 1. The van der Waals surface area contributed by atoms with Crippen LogP contribution in [0.25, 0.3) is 0 Å². The van der Waals surface area contributed by atoms with Crippen molar-refractivity contribution in [2.24, 2.45) is 5.92 Å². The Morgan fingerprint density at radius 1 is 1.50 bits per heavy atom. The predicted octanol–water partition coefficient (Wildman–Crippen LogP) is 2.01. The predicted molar refractivity (Wildman–Crippen MR) is 70.4 cm³/mol. The van der Waals surface area contributed by atoms with E-state index in [1.165, 1.54) is 0 Å². The first-order valence-corrected chi connectivity index (χ1v) is 6.42. The Balaban J connectivity index is 2.79. The van der Waals surface area contributed by atoms with Crippen LogP contribution in [0, 0.1) is 5.92 Å². The summed E-state index contributed by atoms with van der Waals surface area (Å²) in [5, 5.41) is 13.2. The van der Waals surface area contributed by atoms with Crippen LogP contribution >= 0.6 is 0 Å². The van der Waals surface area contributed by atoms with Gasteiger partial charge in [0.1, 0.15) is 0 Å². The third kappa shape index (κ3) is 4.14. The van der Waals surface area contributed by atoms with Crippen LogP contribution in [0.2, 0.25) is 0 Å². The molecule has 18 heavy (non-hydrogen) atoms. The second-order valence-corrected chi connectivity index (χ2v) is 5.02. The number of rotatable bonds is 7. The molecule has 0 aromatic carbocycles. The molecule has 1 atom stereocenters. The number of hydrogen-bond donors (Lipinski definition) is 1. The molecule has 0 amide bonds. The lowest BCUT2D eigenvalue weighted by molar-refractivity contribution is -0.139. The zero-order valence-corrected chi connectivity index (χ0v) is 11.6. The number of aliphatic carboxylic acids is 1. The summed E-state index contributed by atoms with van der Waals surface area (Å²) < 4.78 is 1.86. The number of aromatic nitrogens is 2. The maximum absolute atomic E-state index is 10.9. The van der Waals surface area contributed by atoms with Crippen molar-refractivity contribution in [1.82, 2.24) is 14.7 Å². The quantitative estimate of drug-likeness (QED) is 0.807. The molecule has 1 rings (SSSR count). The molecule has 1 aromatic rings. The molecule has 1 aromatic heterocycles. The maximum atomic E-state index is 10.9. The van der Waals surface area contributed by atoms with E-state index in [2.05, 4.69) is 18.9 Å². The Morgan fingerprint density at radius 3 is 2.61 bits per heavy atom. The van der Waals surface area contributed by atoms with E-state index >= 15 is 0 Å². The number of carboxylic acid groups (broad SMARTS) is 1. The number of carboxylic acids is 1. The molecule has 5 nitrogen and oxygen atoms in total. The molecule has 0 radical (unpaired) electrons. The van der Waals surface area contributed by atoms with E-state index in [1.54, 1.807) is 0 Å². The fourth-order valence-corrected chi connectivity index (χ4v) is 1.98. The second kappa shape index (κ2) is 6.54. The fraction of sp³-hybridized carbons (Fsp3) is 0.692. The van der Waals surface area contributed by atoms with Gasteiger partial charge in [-0.2, -0.15) is 5.10 Å². The van der Waals surface area contributed by atoms with E-state index in [0.29, 0.717) is 5.92 Å². The van der Waals surface area contributed by atoms with E-state index in [0.717, 1.165) is 18.7 Å². The Labute approximate surface area is 108 Å². The van der Waals surface area contributed by atoms with Crippen molar-refractivity contribution < 1.29 is 9.90 Å². The van der Waals surface area contributed by atoms with Crippen molar-refractivity contribution >= 4 is 5.97 Å². The number of nitrogens with zero attached hydrogens (tertiary/aromatic N) is 3. The molecule has 0 aliphatic carbocycles. The Bertz CT molecular complexity index is 387. The molecular weight excluding hydrogens is 230 g/mol. The molecule has 0 bridgehead atoms. The smallest absolute Gasteiger partial charge is 0.317 e. The molecule has 0 saturated carbocycles. The van der Waals surface area contributed by atoms with Gasteiger partial charge in [0.15, 0.2) is 0 Å². The zero-order chi connectivity index (χ0) is 13.7. The third-order valence-electron chi connectivity index (χ3n) is 2.95. The van der Waals surface area contributed by atoms with Crippen molar-refractivity contribution in [1.29, 1.82) is 0 Å². The summed E-state index contributed by atoms with van der Waals surface area (Å²) in [5.41, 5.74) is 1.07. The van der Waals surface area contributed by atoms with Gasteiger partial charge in [0.05, 0.1) is 12.7 Å². The van der Waals surface area contributed by atoms with Gasteiger partial charge in [0.2, 0.25) is 0 Å². The van der Waals surface area contributed by atoms with E-state index in [9.17, 15) is 4.79 Å². The van der Waals surface area contributed by atoms with Crippen LogP contribution in [0.4, 0.5) is 0 Å². The van der Waals surface area contributed by atoms with Gasteiger partial charge in [-0.15, -0.1) is 0 Å². The molecule has 0 fully saturated rings. The molecule has 0 spiro atoms. The lowest BCUT2D eigenvalue weighted by atomic mass is 10.1. The van der Waals surface area contributed by atoms with Gasteiger partial charge in [-0.05, 0) is 19.8 Å². The largest absolute Gasteiger partial charge is 0.480 e. The Morgan fingerprint density at radius 2 is 2.17 bits per heavy atom. The van der Waals surface area contributed by atoms with Gasteiger partial charge in [0, 0.05) is 30.9 Å². The van der Waals surface area contributed by atoms with Gasteiger partial charge in [-0.25, -0.2) is 0 Å². The second-order valence-electron chi connectivity index (χ2n) is 5.02. The average molecular weight is 253 g/mol. The van der Waals surface area contributed by atoms with Crippen LogP contribution < -0.4 is 0 Å². The highest BCUT2D eigenvalue weighted by atomic mass is 16.4. The van der Waals surface area contributed by atoms with Gasteiger partial charge >= 0.3 is 5.97 Å². The summed E-state index contributed by atoms with van der Waals surface area (Å²) >= 11 is 0. The SMILES string of the molecule is CCn1cc(C(C)N(CC(=O)O)CC(C)C)cn1. The minimum Gasteiger partial charge on any atom is -0.480 e. The van der Waals surface area contributed by atoms with E-state index in [4.69, 9.17) is 5.11 Å². The van der Waals surface area contributed by atoms with E-state index in [1.807, 2.05) is 35.8 Å². The van der Waals surface area contributed by atoms with Gasteiger partial charge in [-0.1, -0.05) is 13.8 Å². The van der Waals surface area contributed by atoms with E-state index < -0.39 is 5.97 Å². The van der Waals surface area contributed by atoms with Crippen LogP contribution in [-0.4, -0.2) is 38.8 Å². The van der Waals surface area contributed by atoms with Crippen molar-refractivity contribution in [3.63, 3.8) is 0 Å². The lowest BCUT2D eigenvalue weighted by Gasteiger charge is -2.28. The molecule has 0 saturated heterocycles. The molecule has 0 aliphatic rings. The summed E-state index contributed by atoms with van der Waals surface area (Å²) in [6.07, 6.45) is 3.81. The molecule has 5 heteroatoms. The summed E-state index contributed by atoms with van der Waals surface area (Å²) in [5.74, 6) is -0.349. The average Bonchev–Trinajstić information content (AvgIpc) is 2.74. The molecular formula is C13H23N3O2. The highest BCUT2D eigenvalue weighted by molar-refractivity contribution is 5.69. The topological polar surface area (TPSA) is 58.4 Å². The first-order valence-electron chi connectivity index (χ1n) is 6.42. The minimum absolute atomic E-state index is 0.0661. The molecule has 1 unspecified atom stereocenters. The number of hydrogen-bond acceptors (Lipinski definition) is 3. The highest BCUT2D eigenvalue weighted by Gasteiger charge is 2.20. The molecule has 1 N–H and O–H groups in total. The van der Waals surface area contributed by atoms with Crippen LogP contribution in [0.5, 0.6) is 0 Å². The van der Waals surface area contributed by atoms with Gasteiger partial charge < -0.3 is 5.11 Å². The lowest BCUT2D eigenvalue weighted by Crippen LogP contribution is -2.35. The molecule has 102 valence electrons. The normalized spacial score (nSPS) is 13.2. The van der Waals surface area contributed by atoms with Gasteiger partial charge in [0.25, 0.3) is 0 Å². The third-order valence-corrected chi connectivity index (χ3v) is 2.95. The maximum Gasteiger partial charge on any atom is 0.317 e. The standard InChI is InChI=1S/C13H23N3O2/c1-5-16-8-12(6-14-16)11(4)15(7-10(2)3)9-13(17)18/h6,8,10-11H,5,7,9H2,1-4H3,(H,17,18). The minimum atomic E-state index is -0.787. The van der Waals surface area contributed by atoms with Crippen molar-refractivity contribution in [2.45, 2.75) is 40.3 Å². The fourth-order valence-electron chi connectivity index (χ4n) is 1.98. The van der Waals surface area contributed by atoms with Crippen molar-refractivity contribution in [3.05, 3.63) is 18.0 Å². The summed E-state index contributed by atoms with van der Waals surface area (Å²) in [6, 6.07) is 0.0730. The number of aryl methyl sites for hydroxylation is 1. The summed E-state index contributed by atoms with van der Waals surface area (Å²) in [4.78, 5) is 12.9.